The lowest BCUT2D eigenvalue weighted by Gasteiger charge is -2.26. The van der Waals surface area contributed by atoms with Gasteiger partial charge < -0.3 is 11.1 Å². The fraction of sp³-hybridized carbons (Fsp3) is 0.500. The number of rotatable bonds is 4. The topological polar surface area (TPSA) is 99.5 Å². The van der Waals surface area contributed by atoms with Gasteiger partial charge in [-0.15, -0.1) is 0 Å². The molecular weight excluding hydrogens is 304 g/mol. The molecule has 0 aliphatic heterocycles. The first-order valence-electron chi connectivity index (χ1n) is 8.38. The van der Waals surface area contributed by atoms with Crippen LogP contribution in [0.2, 0.25) is 0 Å². The smallest absolute Gasteiger partial charge is 0.224 e. The molecule has 0 unspecified atom stereocenters. The van der Waals surface area contributed by atoms with Crippen LogP contribution in [0.15, 0.2) is 24.8 Å². The normalized spacial score (nSPS) is 21.2. The molecule has 3 heterocycles. The third-order valence-corrected chi connectivity index (χ3v) is 4.68. The monoisotopic (exact) mass is 326 g/mol. The highest BCUT2D eigenvalue weighted by atomic mass is 15.3. The van der Waals surface area contributed by atoms with E-state index >= 15 is 0 Å². The molecule has 3 N–H and O–H groups in total. The van der Waals surface area contributed by atoms with Gasteiger partial charge in [0.1, 0.15) is 5.69 Å². The van der Waals surface area contributed by atoms with Crippen LogP contribution in [0.25, 0.3) is 16.7 Å². The number of fused-ring (bicyclic) bond motifs is 1. The number of hydrogen-bond donors (Lipinski definition) is 2. The van der Waals surface area contributed by atoms with Gasteiger partial charge in [0.2, 0.25) is 5.95 Å². The van der Waals surface area contributed by atoms with Crippen molar-refractivity contribution in [2.24, 2.45) is 18.7 Å². The lowest BCUT2D eigenvalue weighted by atomic mass is 9.86. The van der Waals surface area contributed by atoms with E-state index in [0.717, 1.165) is 36.1 Å². The zero-order valence-corrected chi connectivity index (χ0v) is 13.8. The Morgan fingerprint density at radius 3 is 2.75 bits per heavy atom. The van der Waals surface area contributed by atoms with Gasteiger partial charge in [-0.2, -0.15) is 15.2 Å². The third kappa shape index (κ3) is 2.96. The van der Waals surface area contributed by atoms with E-state index < -0.39 is 0 Å². The van der Waals surface area contributed by atoms with Crippen LogP contribution in [0.5, 0.6) is 0 Å². The van der Waals surface area contributed by atoms with Crippen molar-refractivity contribution < 1.29 is 0 Å². The van der Waals surface area contributed by atoms with Gasteiger partial charge in [-0.3, -0.25) is 4.68 Å². The molecule has 0 radical (unpaired) electrons. The molecule has 126 valence electrons. The standard InChI is InChI=1S/C16H22N8/c1-23-10-14(9-20-23)24-15-12(8-21-24)7-19-16(22-15)18-6-11-2-4-13(17)5-3-11/h7-11,13H,2-6,17H2,1H3,(H,18,19,22). The van der Waals surface area contributed by atoms with E-state index in [4.69, 9.17) is 5.73 Å². The molecule has 1 fully saturated rings. The summed E-state index contributed by atoms with van der Waals surface area (Å²) in [6, 6.07) is 0.377. The van der Waals surface area contributed by atoms with Gasteiger partial charge in [-0.05, 0) is 31.6 Å². The first kappa shape index (κ1) is 15.1. The number of anilines is 1. The molecule has 0 saturated heterocycles. The average Bonchev–Trinajstić information content (AvgIpc) is 3.20. The second-order valence-electron chi connectivity index (χ2n) is 6.56. The quantitative estimate of drug-likeness (QED) is 0.753. The maximum Gasteiger partial charge on any atom is 0.224 e. The molecule has 0 amide bonds. The Kier molecular flexibility index (Phi) is 3.89. The minimum absolute atomic E-state index is 0.377. The number of nitrogens with one attached hydrogen (secondary N) is 1. The molecule has 0 bridgehead atoms. The molecule has 24 heavy (non-hydrogen) atoms. The van der Waals surface area contributed by atoms with Crippen molar-refractivity contribution in [1.82, 2.24) is 29.5 Å². The SMILES string of the molecule is Cn1cc(-n2ncc3cnc(NCC4CCC(N)CC4)nc32)cn1. The molecule has 0 spiro atoms. The molecule has 1 aliphatic carbocycles. The minimum Gasteiger partial charge on any atom is -0.354 e. The summed E-state index contributed by atoms with van der Waals surface area (Å²) >= 11 is 0. The molecule has 0 atom stereocenters. The van der Waals surface area contributed by atoms with Gasteiger partial charge >= 0.3 is 0 Å². The Morgan fingerprint density at radius 1 is 1.17 bits per heavy atom. The Labute approximate surface area is 140 Å². The third-order valence-electron chi connectivity index (χ3n) is 4.68. The first-order chi connectivity index (χ1) is 11.7. The zero-order valence-electron chi connectivity index (χ0n) is 13.8. The van der Waals surface area contributed by atoms with Crippen LogP contribution in [0.3, 0.4) is 0 Å². The summed E-state index contributed by atoms with van der Waals surface area (Å²) in [5.74, 6) is 1.29. The van der Waals surface area contributed by atoms with Crippen LogP contribution < -0.4 is 11.1 Å². The van der Waals surface area contributed by atoms with Crippen molar-refractivity contribution in [2.75, 3.05) is 11.9 Å². The lowest BCUT2D eigenvalue weighted by Crippen LogP contribution is -2.29. The molecule has 8 nitrogen and oxygen atoms in total. The maximum atomic E-state index is 5.97. The van der Waals surface area contributed by atoms with Crippen LogP contribution in [0.1, 0.15) is 25.7 Å². The first-order valence-corrected chi connectivity index (χ1v) is 8.38. The largest absolute Gasteiger partial charge is 0.354 e. The summed E-state index contributed by atoms with van der Waals surface area (Å²) in [4.78, 5) is 9.03. The predicted molar refractivity (Wildman–Crippen MR) is 91.8 cm³/mol. The van der Waals surface area contributed by atoms with Crippen molar-refractivity contribution in [3.63, 3.8) is 0 Å². The van der Waals surface area contributed by atoms with Gasteiger partial charge in [0.05, 0.1) is 24.0 Å². The van der Waals surface area contributed by atoms with E-state index in [-0.39, 0.29) is 0 Å². The molecule has 4 rings (SSSR count). The second kappa shape index (κ2) is 6.20. The summed E-state index contributed by atoms with van der Waals surface area (Å²) in [7, 11) is 1.88. The Morgan fingerprint density at radius 2 is 2.00 bits per heavy atom. The fourth-order valence-corrected chi connectivity index (χ4v) is 3.24. The van der Waals surface area contributed by atoms with Crippen molar-refractivity contribution in [3.8, 4) is 5.69 Å². The van der Waals surface area contributed by atoms with E-state index in [2.05, 4.69) is 25.5 Å². The zero-order chi connectivity index (χ0) is 16.5. The number of nitrogens with zero attached hydrogens (tertiary/aromatic N) is 6. The van der Waals surface area contributed by atoms with Crippen LogP contribution in [-0.2, 0) is 7.05 Å². The van der Waals surface area contributed by atoms with Crippen LogP contribution in [0.4, 0.5) is 5.95 Å². The van der Waals surface area contributed by atoms with Crippen LogP contribution >= 0.6 is 0 Å². The van der Waals surface area contributed by atoms with Gasteiger partial charge in [0, 0.05) is 25.8 Å². The predicted octanol–water partition coefficient (Wildman–Crippen LogP) is 1.48. The Balaban J connectivity index is 1.52. The number of nitrogens with two attached hydrogens (primary N) is 1. The molecule has 1 saturated carbocycles. The van der Waals surface area contributed by atoms with E-state index in [1.54, 1.807) is 28.0 Å². The minimum atomic E-state index is 0.377. The summed E-state index contributed by atoms with van der Waals surface area (Å²) in [5.41, 5.74) is 7.64. The molecule has 1 aliphatic rings. The van der Waals surface area contributed by atoms with Crippen molar-refractivity contribution >= 4 is 17.0 Å². The molecule has 8 heteroatoms. The highest BCUT2D eigenvalue weighted by Gasteiger charge is 2.18. The highest BCUT2D eigenvalue weighted by Crippen LogP contribution is 2.23. The van der Waals surface area contributed by atoms with Crippen molar-refractivity contribution in [2.45, 2.75) is 31.7 Å². The molecule has 3 aromatic rings. The second-order valence-corrected chi connectivity index (χ2v) is 6.56. The lowest BCUT2D eigenvalue weighted by molar-refractivity contribution is 0.338. The summed E-state index contributed by atoms with van der Waals surface area (Å²) in [6.07, 6.45) is 11.8. The molecule has 0 aromatic carbocycles. The summed E-state index contributed by atoms with van der Waals surface area (Å²) in [6.45, 7) is 0.888. The van der Waals surface area contributed by atoms with Gasteiger partial charge in [-0.1, -0.05) is 0 Å². The Bertz CT molecular complexity index is 828. The fourth-order valence-electron chi connectivity index (χ4n) is 3.24. The average molecular weight is 326 g/mol. The molecule has 3 aromatic heterocycles. The van der Waals surface area contributed by atoms with Crippen LogP contribution in [-0.4, -0.2) is 42.1 Å². The van der Waals surface area contributed by atoms with Crippen LogP contribution in [0, 0.1) is 5.92 Å². The van der Waals surface area contributed by atoms with E-state index in [0.29, 0.717) is 17.9 Å². The van der Waals surface area contributed by atoms with Crippen molar-refractivity contribution in [3.05, 3.63) is 24.8 Å². The van der Waals surface area contributed by atoms with Gasteiger partial charge in [0.15, 0.2) is 5.65 Å². The van der Waals surface area contributed by atoms with E-state index in [1.165, 1.54) is 12.8 Å². The highest BCUT2D eigenvalue weighted by molar-refractivity contribution is 5.76. The number of aromatic nitrogens is 6. The van der Waals surface area contributed by atoms with E-state index in [9.17, 15) is 0 Å². The van der Waals surface area contributed by atoms with Crippen molar-refractivity contribution in [1.29, 1.82) is 0 Å². The Hall–Kier alpha value is -2.48. The van der Waals surface area contributed by atoms with Gasteiger partial charge in [0.25, 0.3) is 0 Å². The van der Waals surface area contributed by atoms with E-state index in [1.807, 2.05) is 13.2 Å². The number of hydrogen-bond acceptors (Lipinski definition) is 6. The maximum absolute atomic E-state index is 5.97. The summed E-state index contributed by atoms with van der Waals surface area (Å²) in [5, 5.41) is 12.9. The van der Waals surface area contributed by atoms with Gasteiger partial charge in [-0.25, -0.2) is 9.67 Å². The number of aryl methyl sites for hydroxylation is 1. The summed E-state index contributed by atoms with van der Waals surface area (Å²) < 4.78 is 3.53. The molecular formula is C16H22N8.